The van der Waals surface area contributed by atoms with Crippen LogP contribution in [0.25, 0.3) is 0 Å². The summed E-state index contributed by atoms with van der Waals surface area (Å²) in [6, 6.07) is 0. The fraction of sp³-hybridized carbons (Fsp3) is 0.818. The van der Waals surface area contributed by atoms with Crippen LogP contribution in [-0.4, -0.2) is 23.1 Å². The van der Waals surface area contributed by atoms with Crippen molar-refractivity contribution in [1.29, 1.82) is 0 Å². The predicted octanol–water partition coefficient (Wildman–Crippen LogP) is 4.58. The van der Waals surface area contributed by atoms with Gasteiger partial charge < -0.3 is 9.84 Å². The second-order valence-electron chi connectivity index (χ2n) is 9.80. The Labute approximate surface area is 156 Å². The molecule has 4 aliphatic rings. The molecule has 0 bridgehead atoms. The smallest absolute Gasteiger partial charge is 0.317 e. The largest absolute Gasteiger partial charge is 0.481 e. The van der Waals surface area contributed by atoms with Gasteiger partial charge in [0.25, 0.3) is 0 Å². The molecule has 1 N–H and O–H groups in total. The average molecular weight is 360 g/mol. The number of rotatable bonds is 3. The molecule has 0 aromatic heterocycles. The summed E-state index contributed by atoms with van der Waals surface area (Å²) in [5, 5.41) is 8.76. The van der Waals surface area contributed by atoms with E-state index in [9.17, 15) is 9.59 Å². The highest BCUT2D eigenvalue weighted by Crippen LogP contribution is 2.65. The third kappa shape index (κ3) is 2.90. The van der Waals surface area contributed by atoms with Crippen LogP contribution in [0.5, 0.6) is 0 Å². The summed E-state index contributed by atoms with van der Waals surface area (Å²) in [7, 11) is 0. The van der Waals surface area contributed by atoms with Crippen molar-refractivity contribution < 1.29 is 19.4 Å². The third-order valence-corrected chi connectivity index (χ3v) is 8.54. The molecule has 0 aromatic rings. The molecule has 0 radical (unpaired) electrons. The average Bonchev–Trinajstić information content (AvgIpc) is 2.96. The van der Waals surface area contributed by atoms with Crippen molar-refractivity contribution in [2.24, 2.45) is 34.5 Å². The lowest BCUT2D eigenvalue weighted by Crippen LogP contribution is -2.53. The lowest BCUT2D eigenvalue weighted by Gasteiger charge is -2.60. The Balaban J connectivity index is 1.44. The van der Waals surface area contributed by atoms with E-state index in [4.69, 9.17) is 9.84 Å². The first-order chi connectivity index (χ1) is 12.3. The van der Waals surface area contributed by atoms with Crippen molar-refractivity contribution >= 4 is 11.9 Å². The highest BCUT2D eigenvalue weighted by Gasteiger charge is 2.57. The number of fused-ring (bicyclic) bond motifs is 5. The molecule has 0 heterocycles. The van der Waals surface area contributed by atoms with Crippen molar-refractivity contribution in [3.63, 3.8) is 0 Å². The van der Waals surface area contributed by atoms with Crippen molar-refractivity contribution in [1.82, 2.24) is 0 Å². The van der Waals surface area contributed by atoms with Gasteiger partial charge in [-0.1, -0.05) is 26.0 Å². The van der Waals surface area contributed by atoms with Crippen molar-refractivity contribution in [2.75, 3.05) is 0 Å². The lowest BCUT2D eigenvalue weighted by molar-refractivity contribution is -0.164. The standard InChI is InChI=1S/C22H32O4/c1-21-9-3-4-17(21)16-6-5-14-12-15(26-20(25)13-19(23)24)7-11-22(14,2)18(16)8-10-21/h3,9,14-18H,4-8,10-13H2,1-2H3,(H,23,24)/t14-,15-,16+,17+,18+,21+,22+/m1/s1. The Kier molecular flexibility index (Phi) is 4.44. The second kappa shape index (κ2) is 6.38. The molecule has 7 atom stereocenters. The van der Waals surface area contributed by atoms with Crippen LogP contribution in [0.4, 0.5) is 0 Å². The molecule has 4 aliphatic carbocycles. The van der Waals surface area contributed by atoms with Crippen LogP contribution in [0.1, 0.15) is 71.6 Å². The lowest BCUT2D eigenvalue weighted by atomic mass is 9.45. The van der Waals surface area contributed by atoms with Gasteiger partial charge in [-0.3, -0.25) is 9.59 Å². The Morgan fingerprint density at radius 3 is 2.69 bits per heavy atom. The highest BCUT2D eigenvalue weighted by atomic mass is 16.5. The molecule has 0 unspecified atom stereocenters. The van der Waals surface area contributed by atoms with E-state index in [0.29, 0.717) is 16.7 Å². The van der Waals surface area contributed by atoms with E-state index in [0.717, 1.165) is 37.0 Å². The van der Waals surface area contributed by atoms with E-state index in [1.165, 1.54) is 32.1 Å². The van der Waals surface area contributed by atoms with Crippen molar-refractivity contribution in [3.05, 3.63) is 12.2 Å². The van der Waals surface area contributed by atoms with Gasteiger partial charge in [0, 0.05) is 0 Å². The van der Waals surface area contributed by atoms with Crippen LogP contribution in [0, 0.1) is 34.5 Å². The Bertz CT molecular complexity index is 626. The molecule has 0 saturated heterocycles. The van der Waals surface area contributed by atoms with E-state index >= 15 is 0 Å². The molecule has 3 saturated carbocycles. The number of carboxylic acids is 1. The molecule has 26 heavy (non-hydrogen) atoms. The first-order valence-electron chi connectivity index (χ1n) is 10.4. The predicted molar refractivity (Wildman–Crippen MR) is 98.4 cm³/mol. The molecule has 4 heteroatoms. The van der Waals surface area contributed by atoms with Gasteiger partial charge in [-0.05, 0) is 85.9 Å². The molecule has 4 nitrogen and oxygen atoms in total. The molecular formula is C22H32O4. The number of carbonyl (C=O) groups excluding carboxylic acids is 1. The van der Waals surface area contributed by atoms with Gasteiger partial charge in [-0.2, -0.15) is 0 Å². The minimum Gasteiger partial charge on any atom is -0.481 e. The van der Waals surface area contributed by atoms with E-state index in [1.54, 1.807) is 0 Å². The van der Waals surface area contributed by atoms with Gasteiger partial charge in [0.2, 0.25) is 0 Å². The summed E-state index contributed by atoms with van der Waals surface area (Å²) in [5.74, 6) is 1.40. The molecule has 3 fully saturated rings. The Hall–Kier alpha value is -1.32. The fourth-order valence-electron chi connectivity index (χ4n) is 7.16. The van der Waals surface area contributed by atoms with Crippen LogP contribution in [-0.2, 0) is 14.3 Å². The summed E-state index contributed by atoms with van der Waals surface area (Å²) < 4.78 is 5.49. The SMILES string of the molecule is C[C@]12CC[C@@H](OC(=O)CC(=O)O)C[C@H]1CC[C@@H]1[C@@H]2CC[C@]2(C)C=CC[C@@H]12. The molecule has 0 aliphatic heterocycles. The summed E-state index contributed by atoms with van der Waals surface area (Å²) in [5.41, 5.74) is 0.788. The number of hydrogen-bond acceptors (Lipinski definition) is 3. The minimum absolute atomic E-state index is 0.0847. The highest BCUT2D eigenvalue weighted by molar-refractivity contribution is 5.90. The maximum Gasteiger partial charge on any atom is 0.317 e. The maximum atomic E-state index is 11.7. The molecule has 4 rings (SSSR count). The summed E-state index contributed by atoms with van der Waals surface area (Å²) in [4.78, 5) is 22.4. The van der Waals surface area contributed by atoms with Crippen molar-refractivity contribution in [2.45, 2.75) is 77.7 Å². The molecular weight excluding hydrogens is 328 g/mol. The van der Waals surface area contributed by atoms with Crippen LogP contribution in [0.2, 0.25) is 0 Å². The summed E-state index contributed by atoms with van der Waals surface area (Å²) in [6.45, 7) is 4.96. The van der Waals surface area contributed by atoms with Gasteiger partial charge in [-0.25, -0.2) is 0 Å². The summed E-state index contributed by atoms with van der Waals surface area (Å²) in [6.07, 6.45) is 13.7. The first kappa shape index (κ1) is 18.1. The number of esters is 1. The topological polar surface area (TPSA) is 63.6 Å². The maximum absolute atomic E-state index is 11.7. The Morgan fingerprint density at radius 1 is 1.12 bits per heavy atom. The van der Waals surface area contributed by atoms with Crippen molar-refractivity contribution in [3.8, 4) is 0 Å². The Morgan fingerprint density at radius 2 is 1.92 bits per heavy atom. The van der Waals surface area contributed by atoms with Crippen LogP contribution >= 0.6 is 0 Å². The van der Waals surface area contributed by atoms with E-state index < -0.39 is 18.4 Å². The van der Waals surface area contributed by atoms with E-state index in [2.05, 4.69) is 26.0 Å². The van der Waals surface area contributed by atoms with Gasteiger partial charge in [-0.15, -0.1) is 0 Å². The normalized spacial score (nSPS) is 46.8. The number of allylic oxidation sites excluding steroid dienone is 2. The minimum atomic E-state index is -1.11. The number of ether oxygens (including phenoxy) is 1. The van der Waals surface area contributed by atoms with Crippen LogP contribution in [0.3, 0.4) is 0 Å². The zero-order chi connectivity index (χ0) is 18.5. The second-order valence-corrected chi connectivity index (χ2v) is 9.80. The number of aliphatic carboxylic acids is 1. The first-order valence-corrected chi connectivity index (χ1v) is 10.4. The van der Waals surface area contributed by atoms with E-state index in [-0.39, 0.29) is 6.10 Å². The number of carboxylic acid groups (broad SMARTS) is 1. The number of carbonyl (C=O) groups is 2. The molecule has 0 spiro atoms. The van der Waals surface area contributed by atoms with Crippen LogP contribution < -0.4 is 0 Å². The van der Waals surface area contributed by atoms with Gasteiger partial charge in [0.15, 0.2) is 0 Å². The monoisotopic (exact) mass is 360 g/mol. The number of hydrogen-bond donors (Lipinski definition) is 1. The summed E-state index contributed by atoms with van der Waals surface area (Å²) >= 11 is 0. The quantitative estimate of drug-likeness (QED) is 0.454. The van der Waals surface area contributed by atoms with Gasteiger partial charge in [0.05, 0.1) is 0 Å². The fourth-order valence-corrected chi connectivity index (χ4v) is 7.16. The zero-order valence-corrected chi connectivity index (χ0v) is 16.1. The molecule has 144 valence electrons. The molecule has 0 aromatic carbocycles. The van der Waals surface area contributed by atoms with E-state index in [1.807, 2.05) is 0 Å². The van der Waals surface area contributed by atoms with Gasteiger partial charge >= 0.3 is 11.9 Å². The van der Waals surface area contributed by atoms with Crippen LogP contribution in [0.15, 0.2) is 12.2 Å². The third-order valence-electron chi connectivity index (χ3n) is 8.54. The van der Waals surface area contributed by atoms with Gasteiger partial charge in [0.1, 0.15) is 12.5 Å². The molecule has 0 amide bonds. The zero-order valence-electron chi connectivity index (χ0n) is 16.1.